The molecule has 0 unspecified atom stereocenters. The summed E-state index contributed by atoms with van der Waals surface area (Å²) in [5.41, 5.74) is 1.17. The molecule has 5 rings (SSSR count). The van der Waals surface area contributed by atoms with Crippen LogP contribution in [0.4, 0.5) is 0 Å². The van der Waals surface area contributed by atoms with E-state index in [9.17, 15) is 9.90 Å². The van der Waals surface area contributed by atoms with E-state index in [1.165, 1.54) is 4.80 Å². The molecule has 0 spiro atoms. The molecular formula is C25H29N5O3. The zero-order chi connectivity index (χ0) is 23.0. The number of rotatable bonds is 6. The maximum atomic E-state index is 13.5. The summed E-state index contributed by atoms with van der Waals surface area (Å²) in [6.07, 6.45) is 8.44. The fourth-order valence-corrected chi connectivity index (χ4v) is 4.62. The number of likely N-dealkylation sites (tertiary alicyclic amines) is 1. The van der Waals surface area contributed by atoms with Gasteiger partial charge in [-0.15, -0.1) is 0 Å². The normalized spacial score (nSPS) is 22.6. The van der Waals surface area contributed by atoms with Gasteiger partial charge in [0.2, 0.25) is 5.88 Å². The molecule has 8 nitrogen and oxygen atoms in total. The highest BCUT2D eigenvalue weighted by Gasteiger charge is 2.41. The lowest BCUT2D eigenvalue weighted by atomic mass is 9.92. The molecule has 2 aliphatic rings. The summed E-state index contributed by atoms with van der Waals surface area (Å²) in [4.78, 5) is 21.2. The van der Waals surface area contributed by atoms with Crippen molar-refractivity contribution in [1.29, 1.82) is 0 Å². The van der Waals surface area contributed by atoms with Gasteiger partial charge >= 0.3 is 0 Å². The summed E-state index contributed by atoms with van der Waals surface area (Å²) in [5.74, 6) is 0.712. The molecule has 1 aliphatic heterocycles. The summed E-state index contributed by atoms with van der Waals surface area (Å²) in [6, 6.07) is 11.2. The van der Waals surface area contributed by atoms with E-state index in [0.29, 0.717) is 29.6 Å². The first-order chi connectivity index (χ1) is 15.9. The molecule has 1 saturated carbocycles. The SMILES string of the molecule is C[C@@H]1CC[C@@H](Oc2cc([C@@](C)(O)C3CC3)ccn2)CN1C(=O)c1ccccc1-n1nccn1. The zero-order valence-corrected chi connectivity index (χ0v) is 19.0. The minimum atomic E-state index is -0.867. The molecule has 1 aliphatic carbocycles. The molecule has 1 amide bonds. The van der Waals surface area contributed by atoms with Crippen LogP contribution in [-0.4, -0.2) is 54.6 Å². The van der Waals surface area contributed by atoms with Gasteiger partial charge in [0.1, 0.15) is 6.10 Å². The quantitative estimate of drug-likeness (QED) is 0.623. The highest BCUT2D eigenvalue weighted by molar-refractivity contribution is 5.98. The number of nitrogens with zero attached hydrogens (tertiary/aromatic N) is 5. The number of ether oxygens (including phenoxy) is 1. The Balaban J connectivity index is 1.33. The Labute approximate surface area is 193 Å². The van der Waals surface area contributed by atoms with E-state index in [2.05, 4.69) is 22.1 Å². The largest absolute Gasteiger partial charge is 0.472 e. The molecule has 3 heterocycles. The summed E-state index contributed by atoms with van der Waals surface area (Å²) >= 11 is 0. The number of hydrogen-bond acceptors (Lipinski definition) is 6. The van der Waals surface area contributed by atoms with Crippen molar-refractivity contribution >= 4 is 5.91 Å². The molecule has 2 aromatic heterocycles. The lowest BCUT2D eigenvalue weighted by Crippen LogP contribution is -2.49. The highest BCUT2D eigenvalue weighted by atomic mass is 16.5. The van der Waals surface area contributed by atoms with Crippen LogP contribution in [0.3, 0.4) is 0 Å². The fraction of sp³-hybridized carbons (Fsp3) is 0.440. The summed E-state index contributed by atoms with van der Waals surface area (Å²) in [7, 11) is 0. The molecule has 172 valence electrons. The molecule has 3 atom stereocenters. The number of amides is 1. The van der Waals surface area contributed by atoms with Gasteiger partial charge in [-0.25, -0.2) is 4.98 Å². The van der Waals surface area contributed by atoms with Crippen molar-refractivity contribution in [1.82, 2.24) is 24.9 Å². The number of benzene rings is 1. The highest BCUT2D eigenvalue weighted by Crippen LogP contribution is 2.45. The third-order valence-corrected chi connectivity index (χ3v) is 6.85. The monoisotopic (exact) mass is 447 g/mol. The van der Waals surface area contributed by atoms with Gasteiger partial charge in [0.05, 0.1) is 35.8 Å². The van der Waals surface area contributed by atoms with Crippen LogP contribution >= 0.6 is 0 Å². The fourth-order valence-electron chi connectivity index (χ4n) is 4.62. The lowest BCUT2D eigenvalue weighted by molar-refractivity contribution is 0.0306. The molecule has 8 heteroatoms. The van der Waals surface area contributed by atoms with Crippen LogP contribution in [0.2, 0.25) is 0 Å². The van der Waals surface area contributed by atoms with Crippen molar-refractivity contribution in [2.75, 3.05) is 6.54 Å². The summed E-state index contributed by atoms with van der Waals surface area (Å²) < 4.78 is 6.21. The standard InChI is InChI=1S/C25H29N5O3/c1-17-7-10-20(33-23-15-19(11-12-26-23)25(2,32)18-8-9-18)16-29(17)24(31)21-5-3-4-6-22(21)30-27-13-14-28-30/h3-6,11-15,17-18,20,32H,7-10,16H2,1-2H3/t17-,20-,25+/m1/s1. The van der Waals surface area contributed by atoms with Gasteiger partial charge in [-0.05, 0) is 69.2 Å². The molecular weight excluding hydrogens is 418 g/mol. The van der Waals surface area contributed by atoms with Crippen molar-refractivity contribution in [3.63, 3.8) is 0 Å². The number of hydrogen-bond donors (Lipinski definition) is 1. The maximum Gasteiger partial charge on any atom is 0.256 e. The Bertz CT molecular complexity index is 1130. The average molecular weight is 448 g/mol. The Morgan fingerprint density at radius 2 is 1.85 bits per heavy atom. The Hall–Kier alpha value is -3.26. The number of carbonyl (C=O) groups excluding carboxylic acids is 1. The minimum Gasteiger partial charge on any atom is -0.472 e. The third kappa shape index (κ3) is 4.35. The molecule has 0 bridgehead atoms. The number of piperidine rings is 1. The van der Waals surface area contributed by atoms with E-state index in [-0.39, 0.29) is 18.1 Å². The first-order valence-electron chi connectivity index (χ1n) is 11.6. The van der Waals surface area contributed by atoms with Crippen LogP contribution < -0.4 is 4.74 Å². The molecule has 33 heavy (non-hydrogen) atoms. The molecule has 0 radical (unpaired) electrons. The van der Waals surface area contributed by atoms with Crippen molar-refractivity contribution in [3.05, 3.63) is 66.1 Å². The van der Waals surface area contributed by atoms with Gasteiger partial charge in [-0.1, -0.05) is 12.1 Å². The Morgan fingerprint density at radius 1 is 1.09 bits per heavy atom. The van der Waals surface area contributed by atoms with Crippen molar-refractivity contribution in [2.45, 2.75) is 57.3 Å². The second-order valence-electron chi connectivity index (χ2n) is 9.26. The molecule has 1 saturated heterocycles. The van der Waals surface area contributed by atoms with E-state index in [1.807, 2.05) is 48.2 Å². The van der Waals surface area contributed by atoms with E-state index in [1.54, 1.807) is 18.6 Å². The molecule has 2 fully saturated rings. The van der Waals surface area contributed by atoms with Crippen LogP contribution in [0, 0.1) is 5.92 Å². The second-order valence-corrected chi connectivity index (χ2v) is 9.26. The predicted octanol–water partition coefficient (Wildman–Crippen LogP) is 3.35. The zero-order valence-electron chi connectivity index (χ0n) is 19.0. The van der Waals surface area contributed by atoms with Gasteiger partial charge in [-0.3, -0.25) is 4.79 Å². The van der Waals surface area contributed by atoms with Crippen LogP contribution in [0.5, 0.6) is 5.88 Å². The smallest absolute Gasteiger partial charge is 0.256 e. The summed E-state index contributed by atoms with van der Waals surface area (Å²) in [6.45, 7) is 4.39. The van der Waals surface area contributed by atoms with E-state index >= 15 is 0 Å². The topological polar surface area (TPSA) is 93.4 Å². The van der Waals surface area contributed by atoms with E-state index < -0.39 is 5.60 Å². The van der Waals surface area contributed by atoms with Gasteiger partial charge in [-0.2, -0.15) is 15.0 Å². The summed E-state index contributed by atoms with van der Waals surface area (Å²) in [5, 5.41) is 19.3. The van der Waals surface area contributed by atoms with Crippen LogP contribution in [0.25, 0.3) is 5.69 Å². The van der Waals surface area contributed by atoms with Gasteiger partial charge in [0.25, 0.3) is 5.91 Å². The molecule has 3 aromatic rings. The number of aromatic nitrogens is 4. The predicted molar refractivity (Wildman–Crippen MR) is 122 cm³/mol. The van der Waals surface area contributed by atoms with Crippen molar-refractivity contribution in [3.8, 4) is 11.6 Å². The third-order valence-electron chi connectivity index (χ3n) is 6.85. The van der Waals surface area contributed by atoms with Gasteiger partial charge in [0.15, 0.2) is 0 Å². The van der Waals surface area contributed by atoms with Gasteiger partial charge < -0.3 is 14.7 Å². The lowest BCUT2D eigenvalue weighted by Gasteiger charge is -2.38. The number of para-hydroxylation sites is 1. The van der Waals surface area contributed by atoms with E-state index in [4.69, 9.17) is 4.74 Å². The number of pyridine rings is 1. The van der Waals surface area contributed by atoms with E-state index in [0.717, 1.165) is 31.2 Å². The van der Waals surface area contributed by atoms with Crippen molar-refractivity contribution in [2.24, 2.45) is 5.92 Å². The Morgan fingerprint density at radius 3 is 2.61 bits per heavy atom. The van der Waals surface area contributed by atoms with Crippen LogP contribution in [0.15, 0.2) is 55.0 Å². The number of carbonyl (C=O) groups is 1. The molecule has 1 aromatic carbocycles. The van der Waals surface area contributed by atoms with Crippen molar-refractivity contribution < 1.29 is 14.6 Å². The number of aliphatic hydroxyl groups is 1. The molecule has 1 N–H and O–H groups in total. The maximum absolute atomic E-state index is 13.5. The second kappa shape index (κ2) is 8.59. The van der Waals surface area contributed by atoms with Crippen LogP contribution in [-0.2, 0) is 5.60 Å². The first-order valence-corrected chi connectivity index (χ1v) is 11.6. The Kier molecular flexibility index (Phi) is 5.62. The van der Waals surface area contributed by atoms with Crippen LogP contribution in [0.1, 0.15) is 55.5 Å². The first kappa shape index (κ1) is 21.6. The minimum absolute atomic E-state index is 0.0675. The van der Waals surface area contributed by atoms with Gasteiger partial charge in [0, 0.05) is 18.3 Å². The average Bonchev–Trinajstić information content (AvgIpc) is 3.56.